The SMILES string of the molecule is COc1ccc(CNc2nc(C=O)nc3sc4c(c23)CCN(C)C4)cc1Cl. The first kappa shape index (κ1) is 18.2. The van der Waals surface area contributed by atoms with Crippen LogP contribution in [0.4, 0.5) is 5.82 Å². The summed E-state index contributed by atoms with van der Waals surface area (Å²) in [6.45, 7) is 2.45. The van der Waals surface area contributed by atoms with Gasteiger partial charge in [0, 0.05) is 24.5 Å². The summed E-state index contributed by atoms with van der Waals surface area (Å²) in [4.78, 5) is 24.6. The van der Waals surface area contributed by atoms with Crippen LogP contribution in [-0.4, -0.2) is 41.9 Å². The van der Waals surface area contributed by atoms with Crippen LogP contribution in [0.3, 0.4) is 0 Å². The Hall–Kier alpha value is -2.22. The van der Waals surface area contributed by atoms with Crippen molar-refractivity contribution in [2.75, 3.05) is 26.0 Å². The number of ether oxygens (including phenoxy) is 1. The second kappa shape index (κ2) is 7.42. The van der Waals surface area contributed by atoms with E-state index in [4.69, 9.17) is 16.3 Å². The topological polar surface area (TPSA) is 67.3 Å². The molecule has 8 heteroatoms. The van der Waals surface area contributed by atoms with E-state index >= 15 is 0 Å². The lowest BCUT2D eigenvalue weighted by atomic mass is 10.1. The number of nitrogens with zero attached hydrogens (tertiary/aromatic N) is 3. The van der Waals surface area contributed by atoms with Crippen LogP contribution in [0, 0.1) is 0 Å². The molecule has 0 aliphatic carbocycles. The molecule has 0 atom stereocenters. The molecule has 1 aliphatic heterocycles. The minimum absolute atomic E-state index is 0.199. The molecule has 27 heavy (non-hydrogen) atoms. The Morgan fingerprint density at radius 2 is 2.26 bits per heavy atom. The lowest BCUT2D eigenvalue weighted by Crippen LogP contribution is -2.25. The standard InChI is InChI=1S/C19H19ClN4O2S/c1-24-6-5-12-15(9-24)27-19-17(12)18(22-16(10-25)23-19)21-8-11-3-4-14(26-2)13(20)7-11/h3-4,7,10H,5-6,8-9H2,1-2H3,(H,21,22,23). The van der Waals surface area contributed by atoms with Crippen molar-refractivity contribution in [3.63, 3.8) is 0 Å². The van der Waals surface area contributed by atoms with Gasteiger partial charge in [0.05, 0.1) is 17.5 Å². The summed E-state index contributed by atoms with van der Waals surface area (Å²) in [5.41, 5.74) is 2.30. The summed E-state index contributed by atoms with van der Waals surface area (Å²) in [6, 6.07) is 5.66. The van der Waals surface area contributed by atoms with Crippen LogP contribution in [0.5, 0.6) is 5.75 Å². The molecule has 4 rings (SSSR count). The van der Waals surface area contributed by atoms with Gasteiger partial charge in [-0.1, -0.05) is 17.7 Å². The molecule has 2 aromatic heterocycles. The quantitative estimate of drug-likeness (QED) is 0.655. The minimum Gasteiger partial charge on any atom is -0.495 e. The lowest BCUT2D eigenvalue weighted by molar-refractivity contribution is 0.111. The molecular formula is C19H19ClN4O2S. The zero-order chi connectivity index (χ0) is 19.0. The smallest absolute Gasteiger partial charge is 0.196 e. The Kier molecular flexibility index (Phi) is 4.99. The second-order valence-corrected chi connectivity index (χ2v) is 8.03. The highest BCUT2D eigenvalue weighted by atomic mass is 35.5. The number of carbonyl (C=O) groups excluding carboxylic acids is 1. The molecule has 0 spiro atoms. The van der Waals surface area contributed by atoms with Crippen molar-refractivity contribution in [2.24, 2.45) is 0 Å². The number of hydrogen-bond acceptors (Lipinski definition) is 7. The first-order chi connectivity index (χ1) is 13.1. The highest BCUT2D eigenvalue weighted by Gasteiger charge is 2.23. The van der Waals surface area contributed by atoms with Gasteiger partial charge in [-0.2, -0.15) is 0 Å². The number of methoxy groups -OCH3 is 1. The van der Waals surface area contributed by atoms with E-state index in [-0.39, 0.29) is 5.82 Å². The monoisotopic (exact) mass is 402 g/mol. The molecule has 3 aromatic rings. The van der Waals surface area contributed by atoms with Crippen molar-refractivity contribution in [1.82, 2.24) is 14.9 Å². The summed E-state index contributed by atoms with van der Waals surface area (Å²) < 4.78 is 5.20. The first-order valence-corrected chi connectivity index (χ1v) is 9.80. The summed E-state index contributed by atoms with van der Waals surface area (Å²) in [7, 11) is 3.71. The minimum atomic E-state index is 0.199. The summed E-state index contributed by atoms with van der Waals surface area (Å²) in [6.07, 6.45) is 1.65. The maximum absolute atomic E-state index is 11.3. The number of benzene rings is 1. The number of anilines is 1. The molecule has 0 amide bonds. The average molecular weight is 403 g/mol. The molecular weight excluding hydrogens is 384 g/mol. The van der Waals surface area contributed by atoms with Crippen LogP contribution >= 0.6 is 22.9 Å². The molecule has 1 aromatic carbocycles. The Morgan fingerprint density at radius 3 is 3.00 bits per heavy atom. The molecule has 0 unspecified atom stereocenters. The van der Waals surface area contributed by atoms with Crippen molar-refractivity contribution in [1.29, 1.82) is 0 Å². The molecule has 0 saturated carbocycles. The fourth-order valence-corrected chi connectivity index (χ4v) is 4.91. The average Bonchev–Trinajstić information content (AvgIpc) is 3.03. The molecule has 3 heterocycles. The third-order valence-corrected chi connectivity index (χ3v) is 6.10. The van der Waals surface area contributed by atoms with Crippen LogP contribution < -0.4 is 10.1 Å². The summed E-state index contributed by atoms with van der Waals surface area (Å²) >= 11 is 7.86. The van der Waals surface area contributed by atoms with Gasteiger partial charge in [0.15, 0.2) is 12.1 Å². The normalized spacial score (nSPS) is 14.2. The van der Waals surface area contributed by atoms with Gasteiger partial charge in [-0.25, -0.2) is 9.97 Å². The molecule has 0 fully saturated rings. The molecule has 0 radical (unpaired) electrons. The highest BCUT2D eigenvalue weighted by molar-refractivity contribution is 7.19. The number of halogens is 1. The number of rotatable bonds is 5. The number of hydrogen-bond donors (Lipinski definition) is 1. The zero-order valence-electron chi connectivity index (χ0n) is 15.1. The zero-order valence-corrected chi connectivity index (χ0v) is 16.7. The predicted octanol–water partition coefficient (Wildman–Crippen LogP) is 3.77. The Morgan fingerprint density at radius 1 is 1.41 bits per heavy atom. The number of nitrogens with one attached hydrogen (secondary N) is 1. The van der Waals surface area contributed by atoms with E-state index in [0.717, 1.165) is 35.3 Å². The molecule has 140 valence electrons. The Bertz CT molecular complexity index is 1020. The maximum atomic E-state index is 11.3. The predicted molar refractivity (Wildman–Crippen MR) is 108 cm³/mol. The van der Waals surface area contributed by atoms with Crippen LogP contribution in [0.15, 0.2) is 18.2 Å². The van der Waals surface area contributed by atoms with E-state index < -0.39 is 0 Å². The van der Waals surface area contributed by atoms with E-state index in [1.807, 2.05) is 18.2 Å². The van der Waals surface area contributed by atoms with Crippen molar-refractivity contribution < 1.29 is 9.53 Å². The number of aromatic nitrogens is 2. The fourth-order valence-electron chi connectivity index (χ4n) is 3.33. The van der Waals surface area contributed by atoms with Crippen LogP contribution in [0.25, 0.3) is 10.2 Å². The fraction of sp³-hybridized carbons (Fsp3) is 0.316. The Labute approximate surface area is 166 Å². The first-order valence-electron chi connectivity index (χ1n) is 8.61. The van der Waals surface area contributed by atoms with Gasteiger partial charge in [0.25, 0.3) is 0 Å². The van der Waals surface area contributed by atoms with Gasteiger partial charge in [-0.3, -0.25) is 4.79 Å². The molecule has 0 saturated heterocycles. The van der Waals surface area contributed by atoms with Gasteiger partial charge in [-0.05, 0) is 36.7 Å². The molecule has 0 bridgehead atoms. The molecule has 1 N–H and O–H groups in total. The largest absolute Gasteiger partial charge is 0.495 e. The van der Waals surface area contributed by atoms with Gasteiger partial charge in [0.2, 0.25) is 0 Å². The highest BCUT2D eigenvalue weighted by Crippen LogP contribution is 2.37. The molecule has 1 aliphatic rings. The van der Waals surface area contributed by atoms with E-state index in [1.165, 1.54) is 10.4 Å². The van der Waals surface area contributed by atoms with Crippen molar-refractivity contribution in [2.45, 2.75) is 19.5 Å². The van der Waals surface area contributed by atoms with E-state index in [9.17, 15) is 4.79 Å². The van der Waals surface area contributed by atoms with Crippen molar-refractivity contribution in [3.05, 3.63) is 45.1 Å². The van der Waals surface area contributed by atoms with Crippen LogP contribution in [0.2, 0.25) is 5.02 Å². The third-order valence-electron chi connectivity index (χ3n) is 4.69. The van der Waals surface area contributed by atoms with Crippen LogP contribution in [-0.2, 0) is 19.5 Å². The number of likely N-dealkylation sites (N-methyl/N-ethyl adjacent to an activating group) is 1. The van der Waals surface area contributed by atoms with E-state index in [2.05, 4.69) is 27.2 Å². The van der Waals surface area contributed by atoms with Crippen LogP contribution in [0.1, 0.15) is 26.6 Å². The summed E-state index contributed by atoms with van der Waals surface area (Å²) in [5, 5.41) is 4.97. The lowest BCUT2D eigenvalue weighted by Gasteiger charge is -2.22. The van der Waals surface area contributed by atoms with Gasteiger partial charge < -0.3 is 15.0 Å². The van der Waals surface area contributed by atoms with Gasteiger partial charge in [-0.15, -0.1) is 11.3 Å². The number of carbonyl (C=O) groups is 1. The number of aldehydes is 1. The van der Waals surface area contributed by atoms with Crippen molar-refractivity contribution >= 4 is 45.3 Å². The van der Waals surface area contributed by atoms with E-state index in [1.54, 1.807) is 18.4 Å². The van der Waals surface area contributed by atoms with E-state index in [0.29, 0.717) is 29.4 Å². The second-order valence-electron chi connectivity index (χ2n) is 6.54. The maximum Gasteiger partial charge on any atom is 0.196 e. The van der Waals surface area contributed by atoms with Gasteiger partial charge in [0.1, 0.15) is 16.4 Å². The molecule has 6 nitrogen and oxygen atoms in total. The summed E-state index contributed by atoms with van der Waals surface area (Å²) in [5.74, 6) is 1.55. The number of fused-ring (bicyclic) bond motifs is 3. The third kappa shape index (κ3) is 3.50. The van der Waals surface area contributed by atoms with Gasteiger partial charge >= 0.3 is 0 Å². The number of thiophene rings is 1. The Balaban J connectivity index is 1.70. The van der Waals surface area contributed by atoms with Crippen molar-refractivity contribution in [3.8, 4) is 5.75 Å².